The highest BCUT2D eigenvalue weighted by Gasteiger charge is 2.35. The number of rotatable bonds is 6. The van der Waals surface area contributed by atoms with Gasteiger partial charge in [0.05, 0.1) is 4.92 Å². The quantitative estimate of drug-likeness (QED) is 0.569. The zero-order chi connectivity index (χ0) is 21.0. The van der Waals surface area contributed by atoms with Gasteiger partial charge < -0.3 is 5.32 Å². The molecule has 1 saturated heterocycles. The molecule has 0 unspecified atom stereocenters. The van der Waals surface area contributed by atoms with Crippen LogP contribution in [-0.4, -0.2) is 36.6 Å². The number of piperidine rings is 1. The topological polar surface area (TPSA) is 110 Å². The molecule has 0 saturated carbocycles. The molecule has 2 aromatic carbocycles. The minimum Gasteiger partial charge on any atom is -0.352 e. The molecular formula is C19H20FN3O5S. The normalized spacial score (nSPS) is 15.8. The average molecular weight is 421 g/mol. The van der Waals surface area contributed by atoms with Crippen molar-refractivity contribution in [2.75, 3.05) is 13.1 Å². The molecule has 1 heterocycles. The third-order valence-electron chi connectivity index (χ3n) is 4.88. The number of sulfonamides is 1. The number of benzene rings is 2. The number of hydrogen-bond donors (Lipinski definition) is 1. The Bertz CT molecular complexity index is 1000. The molecular weight excluding hydrogens is 401 g/mol. The lowest BCUT2D eigenvalue weighted by molar-refractivity contribution is -0.387. The Kier molecular flexibility index (Phi) is 6.23. The predicted molar refractivity (Wildman–Crippen MR) is 103 cm³/mol. The zero-order valence-electron chi connectivity index (χ0n) is 15.5. The van der Waals surface area contributed by atoms with Crippen LogP contribution in [0.5, 0.6) is 0 Å². The van der Waals surface area contributed by atoms with E-state index in [2.05, 4.69) is 5.32 Å². The third-order valence-corrected chi connectivity index (χ3v) is 6.83. The summed E-state index contributed by atoms with van der Waals surface area (Å²) in [5.41, 5.74) is 0.294. The molecule has 1 fully saturated rings. The van der Waals surface area contributed by atoms with E-state index in [1.807, 2.05) is 0 Å². The van der Waals surface area contributed by atoms with E-state index in [9.17, 15) is 27.7 Å². The number of para-hydroxylation sites is 1. The summed E-state index contributed by atoms with van der Waals surface area (Å²) in [5.74, 6) is -0.906. The van der Waals surface area contributed by atoms with Crippen molar-refractivity contribution in [3.63, 3.8) is 0 Å². The van der Waals surface area contributed by atoms with Crippen molar-refractivity contribution >= 4 is 21.6 Å². The Labute approximate surface area is 167 Å². The molecule has 3 rings (SSSR count). The van der Waals surface area contributed by atoms with Crippen LogP contribution in [0.4, 0.5) is 10.1 Å². The molecule has 0 radical (unpaired) electrons. The monoisotopic (exact) mass is 421 g/mol. The molecule has 0 spiro atoms. The van der Waals surface area contributed by atoms with Crippen molar-refractivity contribution in [3.05, 3.63) is 70.0 Å². The van der Waals surface area contributed by atoms with E-state index in [4.69, 9.17) is 0 Å². The standard InChI is InChI=1S/C19H20FN3O5S/c20-16-7-5-14(6-8-16)13-21-19(24)15-9-11-22(12-10-15)29(27,28)18-4-2-1-3-17(18)23(25)26/h1-8,15H,9-13H2,(H,21,24). The highest BCUT2D eigenvalue weighted by atomic mass is 32.2. The van der Waals surface area contributed by atoms with Crippen LogP contribution in [0.1, 0.15) is 18.4 Å². The van der Waals surface area contributed by atoms with Crippen LogP contribution < -0.4 is 5.32 Å². The van der Waals surface area contributed by atoms with Crippen LogP contribution in [0.2, 0.25) is 0 Å². The molecule has 154 valence electrons. The number of amides is 1. The van der Waals surface area contributed by atoms with Crippen LogP contribution in [0, 0.1) is 21.8 Å². The third kappa shape index (κ3) is 4.77. The largest absolute Gasteiger partial charge is 0.352 e. The van der Waals surface area contributed by atoms with Gasteiger partial charge in [-0.05, 0) is 36.6 Å². The summed E-state index contributed by atoms with van der Waals surface area (Å²) < 4.78 is 39.7. The molecule has 0 atom stereocenters. The first kappa shape index (κ1) is 20.9. The van der Waals surface area contributed by atoms with Crippen LogP contribution in [0.3, 0.4) is 0 Å². The summed E-state index contributed by atoms with van der Waals surface area (Å²) in [4.78, 5) is 22.5. The van der Waals surface area contributed by atoms with Crippen LogP contribution in [0.15, 0.2) is 53.4 Å². The Balaban J connectivity index is 1.60. The van der Waals surface area contributed by atoms with Crippen LogP contribution >= 0.6 is 0 Å². The summed E-state index contributed by atoms with van der Waals surface area (Å²) in [6.45, 7) is 0.458. The molecule has 0 bridgehead atoms. The summed E-state index contributed by atoms with van der Waals surface area (Å²) in [6, 6.07) is 11.0. The molecule has 1 aliphatic rings. The first-order valence-corrected chi connectivity index (χ1v) is 10.5. The van der Waals surface area contributed by atoms with Gasteiger partial charge in [-0.15, -0.1) is 0 Å². The summed E-state index contributed by atoms with van der Waals surface area (Å²) >= 11 is 0. The van der Waals surface area contributed by atoms with Crippen molar-refractivity contribution in [2.24, 2.45) is 5.92 Å². The molecule has 29 heavy (non-hydrogen) atoms. The van der Waals surface area contributed by atoms with E-state index in [-0.39, 0.29) is 42.2 Å². The van der Waals surface area contributed by atoms with Gasteiger partial charge in [-0.1, -0.05) is 24.3 Å². The highest BCUT2D eigenvalue weighted by molar-refractivity contribution is 7.89. The van der Waals surface area contributed by atoms with Crippen molar-refractivity contribution in [2.45, 2.75) is 24.3 Å². The van der Waals surface area contributed by atoms with E-state index in [0.29, 0.717) is 12.8 Å². The highest BCUT2D eigenvalue weighted by Crippen LogP contribution is 2.29. The number of nitrogens with one attached hydrogen (secondary N) is 1. The second-order valence-corrected chi connectivity index (χ2v) is 8.65. The number of nitro benzene ring substituents is 1. The van der Waals surface area contributed by atoms with Gasteiger partial charge in [0.1, 0.15) is 5.82 Å². The van der Waals surface area contributed by atoms with E-state index >= 15 is 0 Å². The Morgan fingerprint density at radius 3 is 2.38 bits per heavy atom. The molecule has 2 aromatic rings. The average Bonchev–Trinajstić information content (AvgIpc) is 2.73. The van der Waals surface area contributed by atoms with Gasteiger partial charge in [0.25, 0.3) is 5.69 Å². The molecule has 1 aliphatic heterocycles. The maximum absolute atomic E-state index is 12.9. The molecule has 8 nitrogen and oxygen atoms in total. The maximum atomic E-state index is 12.9. The molecule has 0 aliphatic carbocycles. The zero-order valence-corrected chi connectivity index (χ0v) is 16.3. The molecule has 1 N–H and O–H groups in total. The fraction of sp³-hybridized carbons (Fsp3) is 0.316. The Morgan fingerprint density at radius 1 is 1.14 bits per heavy atom. The van der Waals surface area contributed by atoms with Crippen LogP contribution in [0.25, 0.3) is 0 Å². The first-order chi connectivity index (χ1) is 13.8. The van der Waals surface area contributed by atoms with Gasteiger partial charge in [-0.3, -0.25) is 14.9 Å². The van der Waals surface area contributed by atoms with E-state index < -0.39 is 20.6 Å². The second kappa shape index (κ2) is 8.66. The second-order valence-electron chi connectivity index (χ2n) is 6.75. The van der Waals surface area contributed by atoms with E-state index in [1.54, 1.807) is 12.1 Å². The number of hydrogen-bond acceptors (Lipinski definition) is 5. The fourth-order valence-corrected chi connectivity index (χ4v) is 4.89. The van der Waals surface area contributed by atoms with E-state index in [1.165, 1.54) is 34.6 Å². The Morgan fingerprint density at radius 2 is 1.76 bits per heavy atom. The van der Waals surface area contributed by atoms with Crippen molar-refractivity contribution in [1.29, 1.82) is 0 Å². The van der Waals surface area contributed by atoms with Crippen molar-refractivity contribution in [3.8, 4) is 0 Å². The van der Waals surface area contributed by atoms with Gasteiger partial charge in [-0.2, -0.15) is 4.31 Å². The lowest BCUT2D eigenvalue weighted by Gasteiger charge is -2.30. The van der Waals surface area contributed by atoms with Gasteiger partial charge >= 0.3 is 0 Å². The minimum atomic E-state index is -4.02. The Hall–Kier alpha value is -2.85. The first-order valence-electron chi connectivity index (χ1n) is 9.05. The summed E-state index contributed by atoms with van der Waals surface area (Å²) in [7, 11) is -4.02. The molecule has 1 amide bonds. The summed E-state index contributed by atoms with van der Waals surface area (Å²) in [5, 5.41) is 13.9. The predicted octanol–water partition coefficient (Wildman–Crippen LogP) is 2.45. The maximum Gasteiger partial charge on any atom is 0.289 e. The molecule has 0 aromatic heterocycles. The fourth-order valence-electron chi connectivity index (χ4n) is 3.26. The summed E-state index contributed by atoms with van der Waals surface area (Å²) in [6.07, 6.45) is 0.629. The van der Waals surface area contributed by atoms with E-state index in [0.717, 1.165) is 11.6 Å². The number of carbonyl (C=O) groups excluding carboxylic acids is 1. The SMILES string of the molecule is O=C(NCc1ccc(F)cc1)C1CCN(S(=O)(=O)c2ccccc2[N+](=O)[O-])CC1. The van der Waals surface area contributed by atoms with Gasteiger partial charge in [0.15, 0.2) is 4.90 Å². The van der Waals surface area contributed by atoms with Crippen LogP contribution in [-0.2, 0) is 21.4 Å². The van der Waals surface area contributed by atoms with Crippen molar-refractivity contribution < 1.29 is 22.5 Å². The lowest BCUT2D eigenvalue weighted by Crippen LogP contribution is -2.43. The molecule has 10 heteroatoms. The minimum absolute atomic E-state index is 0.100. The van der Waals surface area contributed by atoms with Gasteiger partial charge in [0.2, 0.25) is 15.9 Å². The number of halogens is 1. The lowest BCUT2D eigenvalue weighted by atomic mass is 9.97. The van der Waals surface area contributed by atoms with Gasteiger partial charge in [-0.25, -0.2) is 12.8 Å². The number of carbonyl (C=O) groups is 1. The smallest absolute Gasteiger partial charge is 0.289 e. The van der Waals surface area contributed by atoms with Gasteiger partial charge in [0, 0.05) is 31.6 Å². The van der Waals surface area contributed by atoms with Crippen molar-refractivity contribution in [1.82, 2.24) is 9.62 Å². The number of nitrogens with zero attached hydrogens (tertiary/aromatic N) is 2. The number of nitro groups is 1.